The Morgan fingerprint density at radius 1 is 0.875 bits per heavy atom. The fourth-order valence-electron chi connectivity index (χ4n) is 5.06. The summed E-state index contributed by atoms with van der Waals surface area (Å²) in [5, 5.41) is 11.9. The van der Waals surface area contributed by atoms with Crippen molar-refractivity contribution in [3.8, 4) is 11.1 Å². The highest BCUT2D eigenvalue weighted by molar-refractivity contribution is 5.87. The first-order valence-corrected chi connectivity index (χ1v) is 13.6. The number of aliphatic carboxylic acids is 1. The maximum Gasteiger partial charge on any atom is 0.407 e. The number of hydrogen-bond donors (Lipinski definition) is 2. The lowest BCUT2D eigenvalue weighted by atomic mass is 9.98. The number of carbonyl (C=O) groups is 3. The van der Waals surface area contributed by atoms with Crippen LogP contribution >= 0.6 is 0 Å². The first-order valence-electron chi connectivity index (χ1n) is 13.6. The molecule has 0 spiro atoms. The Morgan fingerprint density at radius 3 is 2.02 bits per heavy atom. The Hall–Kier alpha value is -4.17. The summed E-state index contributed by atoms with van der Waals surface area (Å²) in [5.41, 5.74) is 5.34. The second-order valence-electron chi connectivity index (χ2n) is 10.2. The third-order valence-corrected chi connectivity index (χ3v) is 7.18. The number of benzene rings is 3. The highest BCUT2D eigenvalue weighted by Crippen LogP contribution is 2.44. The van der Waals surface area contributed by atoms with Gasteiger partial charge in [0.2, 0.25) is 5.91 Å². The summed E-state index contributed by atoms with van der Waals surface area (Å²) in [6.45, 7) is 5.69. The second-order valence-corrected chi connectivity index (χ2v) is 10.2. The van der Waals surface area contributed by atoms with Gasteiger partial charge >= 0.3 is 12.1 Å². The first kappa shape index (κ1) is 28.8. The number of ether oxygens (including phenoxy) is 2. The van der Waals surface area contributed by atoms with E-state index in [1.165, 1.54) is 4.90 Å². The van der Waals surface area contributed by atoms with Crippen LogP contribution in [0.15, 0.2) is 78.9 Å². The minimum atomic E-state index is -1.07. The third kappa shape index (κ3) is 6.87. The van der Waals surface area contributed by atoms with E-state index in [9.17, 15) is 19.5 Å². The predicted molar refractivity (Wildman–Crippen MR) is 152 cm³/mol. The summed E-state index contributed by atoms with van der Waals surface area (Å²) in [4.78, 5) is 39.5. The summed E-state index contributed by atoms with van der Waals surface area (Å²) in [6.07, 6.45) is -1.66. The molecule has 0 saturated carbocycles. The SMILES string of the molecule is CC(C)N(CCC(=O)O)C(=O)[C@H](NC(=O)OCC1c2ccccc2-c2ccccc21)[C@H](C)OCc1ccccc1. The molecule has 210 valence electrons. The van der Waals surface area contributed by atoms with Gasteiger partial charge in [-0.3, -0.25) is 9.59 Å². The van der Waals surface area contributed by atoms with Gasteiger partial charge in [0.1, 0.15) is 12.6 Å². The molecular weight excluding hydrogens is 508 g/mol. The van der Waals surface area contributed by atoms with Gasteiger partial charge in [0.25, 0.3) is 0 Å². The number of hydrogen-bond acceptors (Lipinski definition) is 5. The van der Waals surface area contributed by atoms with Crippen molar-refractivity contribution in [3.63, 3.8) is 0 Å². The first-order chi connectivity index (χ1) is 19.3. The number of fused-ring (bicyclic) bond motifs is 3. The van der Waals surface area contributed by atoms with Crippen molar-refractivity contribution >= 4 is 18.0 Å². The van der Waals surface area contributed by atoms with E-state index in [1.54, 1.807) is 20.8 Å². The minimum absolute atomic E-state index is 0.0140. The Balaban J connectivity index is 1.48. The Bertz CT molecular complexity index is 1280. The van der Waals surface area contributed by atoms with Gasteiger partial charge in [-0.05, 0) is 48.6 Å². The van der Waals surface area contributed by atoms with Crippen LogP contribution in [-0.2, 0) is 25.7 Å². The maximum absolute atomic E-state index is 13.7. The van der Waals surface area contributed by atoms with E-state index in [1.807, 2.05) is 66.7 Å². The summed E-state index contributed by atoms with van der Waals surface area (Å²) in [5.74, 6) is -1.56. The van der Waals surface area contributed by atoms with Gasteiger partial charge in [0.05, 0.1) is 19.1 Å². The molecule has 2 amide bonds. The number of rotatable bonds is 12. The fourth-order valence-corrected chi connectivity index (χ4v) is 5.06. The Kier molecular flexibility index (Phi) is 9.56. The van der Waals surface area contributed by atoms with Crippen molar-refractivity contribution in [1.29, 1.82) is 0 Å². The van der Waals surface area contributed by atoms with E-state index < -0.39 is 30.1 Å². The van der Waals surface area contributed by atoms with E-state index >= 15 is 0 Å². The molecule has 0 aromatic heterocycles. The van der Waals surface area contributed by atoms with Crippen molar-refractivity contribution in [2.24, 2.45) is 0 Å². The molecule has 0 saturated heterocycles. The van der Waals surface area contributed by atoms with Gasteiger partial charge < -0.3 is 24.8 Å². The molecule has 0 heterocycles. The van der Waals surface area contributed by atoms with Gasteiger partial charge in [-0.2, -0.15) is 0 Å². The zero-order chi connectivity index (χ0) is 28.6. The van der Waals surface area contributed by atoms with Gasteiger partial charge in [0.15, 0.2) is 0 Å². The number of alkyl carbamates (subject to hydrolysis) is 1. The molecule has 0 radical (unpaired) electrons. The maximum atomic E-state index is 13.7. The smallest absolute Gasteiger partial charge is 0.407 e. The van der Waals surface area contributed by atoms with E-state index in [4.69, 9.17) is 9.47 Å². The van der Waals surface area contributed by atoms with Crippen LogP contribution < -0.4 is 5.32 Å². The molecule has 40 heavy (non-hydrogen) atoms. The lowest BCUT2D eigenvalue weighted by Gasteiger charge is -2.33. The van der Waals surface area contributed by atoms with Crippen LogP contribution in [0, 0.1) is 0 Å². The fraction of sp³-hybridized carbons (Fsp3) is 0.344. The average Bonchev–Trinajstić information content (AvgIpc) is 3.27. The molecule has 0 bridgehead atoms. The number of carboxylic acids is 1. The van der Waals surface area contributed by atoms with Gasteiger partial charge in [0, 0.05) is 18.5 Å². The summed E-state index contributed by atoms with van der Waals surface area (Å²) >= 11 is 0. The number of amides is 2. The lowest BCUT2D eigenvalue weighted by Crippen LogP contribution is -2.56. The molecule has 3 aromatic rings. The monoisotopic (exact) mass is 544 g/mol. The van der Waals surface area contributed by atoms with Crippen LogP contribution in [0.5, 0.6) is 0 Å². The van der Waals surface area contributed by atoms with Gasteiger partial charge in [-0.25, -0.2) is 4.79 Å². The predicted octanol–water partition coefficient (Wildman–Crippen LogP) is 5.21. The van der Waals surface area contributed by atoms with Crippen LogP contribution in [0.2, 0.25) is 0 Å². The standard InChI is InChI=1S/C32H36N2O6/c1-21(2)34(18-17-29(35)36)31(37)30(22(3)39-19-23-11-5-4-6-12-23)33-32(38)40-20-28-26-15-9-7-13-24(26)25-14-8-10-16-27(25)28/h4-16,21-22,28,30H,17-20H2,1-3H3,(H,33,38)(H,35,36)/t22-,30+/m0/s1. The molecule has 4 rings (SSSR count). The van der Waals surface area contributed by atoms with Crippen molar-refractivity contribution in [1.82, 2.24) is 10.2 Å². The molecule has 8 nitrogen and oxygen atoms in total. The topological polar surface area (TPSA) is 105 Å². The zero-order valence-electron chi connectivity index (χ0n) is 23.1. The molecule has 0 unspecified atom stereocenters. The van der Waals surface area contributed by atoms with Crippen LogP contribution in [-0.4, -0.2) is 59.3 Å². The highest BCUT2D eigenvalue weighted by atomic mass is 16.5. The Labute approximate surface area is 234 Å². The van der Waals surface area contributed by atoms with Crippen LogP contribution in [0.1, 0.15) is 49.8 Å². The molecule has 0 fully saturated rings. The summed E-state index contributed by atoms with van der Waals surface area (Å²) in [6, 6.07) is 24.3. The number of nitrogens with one attached hydrogen (secondary N) is 1. The van der Waals surface area contributed by atoms with Gasteiger partial charge in [-0.15, -0.1) is 0 Å². The lowest BCUT2D eigenvalue weighted by molar-refractivity contribution is -0.142. The second kappa shape index (κ2) is 13.3. The largest absolute Gasteiger partial charge is 0.481 e. The molecule has 0 aliphatic heterocycles. The summed E-state index contributed by atoms with van der Waals surface area (Å²) < 4.78 is 11.7. The Morgan fingerprint density at radius 2 is 1.45 bits per heavy atom. The van der Waals surface area contributed by atoms with Gasteiger partial charge in [-0.1, -0.05) is 78.9 Å². The highest BCUT2D eigenvalue weighted by Gasteiger charge is 2.34. The average molecular weight is 545 g/mol. The molecule has 8 heteroatoms. The van der Waals surface area contributed by atoms with Crippen LogP contribution in [0.25, 0.3) is 11.1 Å². The number of carbonyl (C=O) groups excluding carboxylic acids is 2. The summed E-state index contributed by atoms with van der Waals surface area (Å²) in [7, 11) is 0. The van der Waals surface area contributed by atoms with E-state index in [0.717, 1.165) is 27.8 Å². The number of nitrogens with zero attached hydrogens (tertiary/aromatic N) is 1. The molecule has 2 atom stereocenters. The van der Waals surface area contributed by atoms with E-state index in [2.05, 4.69) is 17.4 Å². The van der Waals surface area contributed by atoms with Crippen molar-refractivity contribution in [2.45, 2.75) is 57.9 Å². The van der Waals surface area contributed by atoms with Crippen LogP contribution in [0.4, 0.5) is 4.79 Å². The quantitative estimate of drug-likeness (QED) is 0.324. The minimum Gasteiger partial charge on any atom is -0.481 e. The van der Waals surface area contributed by atoms with Crippen molar-refractivity contribution in [3.05, 3.63) is 95.6 Å². The molecule has 3 aromatic carbocycles. The molecule has 1 aliphatic rings. The van der Waals surface area contributed by atoms with Crippen LogP contribution in [0.3, 0.4) is 0 Å². The van der Waals surface area contributed by atoms with Crippen molar-refractivity contribution in [2.75, 3.05) is 13.2 Å². The molecule has 1 aliphatic carbocycles. The number of carboxylic acid groups (broad SMARTS) is 1. The van der Waals surface area contributed by atoms with E-state index in [-0.39, 0.29) is 38.1 Å². The normalized spacial score (nSPS) is 13.7. The third-order valence-electron chi connectivity index (χ3n) is 7.18. The molecule has 2 N–H and O–H groups in total. The molecular formula is C32H36N2O6. The van der Waals surface area contributed by atoms with Crippen molar-refractivity contribution < 1.29 is 29.0 Å². The van der Waals surface area contributed by atoms with E-state index in [0.29, 0.717) is 0 Å². The zero-order valence-corrected chi connectivity index (χ0v) is 23.1.